The normalized spacial score (nSPS) is 11.0. The standard InChI is InChI=1S/C14H13ClN4O4S2/c1-9-5-6-10(7-13(9)15)16-14(24)17-18-25(22,23)12-4-2-3-11(8-12)19(20)21/h2-8,18H,1H3,(H2,16,17,24). The van der Waals surface area contributed by atoms with Crippen LogP contribution in [0, 0.1) is 17.0 Å². The van der Waals surface area contributed by atoms with Gasteiger partial charge in [0.05, 0.1) is 9.82 Å². The van der Waals surface area contributed by atoms with Crippen molar-refractivity contribution in [2.75, 3.05) is 5.32 Å². The van der Waals surface area contributed by atoms with E-state index in [9.17, 15) is 18.5 Å². The number of rotatable bonds is 5. The number of nitrogens with zero attached hydrogens (tertiary/aromatic N) is 1. The average Bonchev–Trinajstić information content (AvgIpc) is 2.56. The van der Waals surface area contributed by atoms with E-state index in [2.05, 4.69) is 15.6 Å². The highest BCUT2D eigenvalue weighted by Gasteiger charge is 2.17. The predicted molar refractivity (Wildman–Crippen MR) is 99.0 cm³/mol. The van der Waals surface area contributed by atoms with Gasteiger partial charge in [-0.1, -0.05) is 23.7 Å². The summed E-state index contributed by atoms with van der Waals surface area (Å²) >= 11 is 11.0. The van der Waals surface area contributed by atoms with E-state index < -0.39 is 14.9 Å². The molecule has 2 rings (SSSR count). The summed E-state index contributed by atoms with van der Waals surface area (Å²) in [6, 6.07) is 9.79. The Hall–Kier alpha value is -2.27. The number of hydrazine groups is 1. The molecule has 0 heterocycles. The number of nitrogens with one attached hydrogen (secondary N) is 3. The summed E-state index contributed by atoms with van der Waals surface area (Å²) in [5.74, 6) is 0. The van der Waals surface area contributed by atoms with Crippen molar-refractivity contribution in [2.24, 2.45) is 0 Å². The molecule has 0 atom stereocenters. The van der Waals surface area contributed by atoms with Crippen LogP contribution in [-0.4, -0.2) is 18.5 Å². The van der Waals surface area contributed by atoms with E-state index in [1.807, 2.05) is 6.92 Å². The Labute approximate surface area is 154 Å². The van der Waals surface area contributed by atoms with E-state index in [1.54, 1.807) is 18.2 Å². The first-order chi connectivity index (χ1) is 11.7. The summed E-state index contributed by atoms with van der Waals surface area (Å²) in [5.41, 5.74) is 3.45. The smallest absolute Gasteiger partial charge is 0.270 e. The Morgan fingerprint density at radius 2 is 1.96 bits per heavy atom. The lowest BCUT2D eigenvalue weighted by Crippen LogP contribution is -2.43. The number of nitro benzene ring substituents is 1. The number of hydrogen-bond donors (Lipinski definition) is 3. The van der Waals surface area contributed by atoms with Crippen LogP contribution in [0.15, 0.2) is 47.4 Å². The van der Waals surface area contributed by atoms with Gasteiger partial charge in [-0.05, 0) is 42.9 Å². The molecule has 0 amide bonds. The Kier molecular flexibility index (Phi) is 5.90. The van der Waals surface area contributed by atoms with Crippen molar-refractivity contribution < 1.29 is 13.3 Å². The lowest BCUT2D eigenvalue weighted by molar-refractivity contribution is -0.385. The van der Waals surface area contributed by atoms with Crippen LogP contribution in [0.1, 0.15) is 5.56 Å². The van der Waals surface area contributed by atoms with Crippen molar-refractivity contribution in [3.63, 3.8) is 0 Å². The maximum Gasteiger partial charge on any atom is 0.270 e. The molecule has 3 N–H and O–H groups in total. The summed E-state index contributed by atoms with van der Waals surface area (Å²) in [6.45, 7) is 1.84. The van der Waals surface area contributed by atoms with Crippen LogP contribution in [0.5, 0.6) is 0 Å². The minimum absolute atomic E-state index is 0.0195. The van der Waals surface area contributed by atoms with E-state index >= 15 is 0 Å². The largest absolute Gasteiger partial charge is 0.332 e. The number of hydrogen-bond acceptors (Lipinski definition) is 5. The Balaban J connectivity index is 2.03. The Morgan fingerprint density at radius 3 is 2.60 bits per heavy atom. The van der Waals surface area contributed by atoms with Crippen LogP contribution in [0.4, 0.5) is 11.4 Å². The molecule has 2 aromatic carbocycles. The number of halogens is 1. The fraction of sp³-hybridized carbons (Fsp3) is 0.0714. The fourth-order valence-corrected chi connectivity index (χ4v) is 3.07. The van der Waals surface area contributed by atoms with Crippen LogP contribution in [0.25, 0.3) is 0 Å². The van der Waals surface area contributed by atoms with Crippen molar-refractivity contribution in [1.82, 2.24) is 10.3 Å². The molecule has 0 saturated carbocycles. The second-order valence-corrected chi connectivity index (χ2v) is 7.40. The lowest BCUT2D eigenvalue weighted by atomic mass is 10.2. The first-order valence-electron chi connectivity index (χ1n) is 6.78. The van der Waals surface area contributed by atoms with Crippen LogP contribution >= 0.6 is 23.8 Å². The molecule has 0 fully saturated rings. The monoisotopic (exact) mass is 400 g/mol. The lowest BCUT2D eigenvalue weighted by Gasteiger charge is -2.12. The maximum absolute atomic E-state index is 12.2. The van der Waals surface area contributed by atoms with Crippen molar-refractivity contribution in [3.05, 3.63) is 63.2 Å². The van der Waals surface area contributed by atoms with E-state index in [1.165, 1.54) is 18.2 Å². The number of aryl methyl sites for hydroxylation is 1. The zero-order chi connectivity index (χ0) is 18.6. The number of sulfonamides is 1. The van der Waals surface area contributed by atoms with Crippen molar-refractivity contribution in [1.29, 1.82) is 0 Å². The highest BCUT2D eigenvalue weighted by atomic mass is 35.5. The second-order valence-electron chi connectivity index (χ2n) is 4.90. The minimum atomic E-state index is -4.04. The molecule has 132 valence electrons. The van der Waals surface area contributed by atoms with Gasteiger partial charge in [-0.3, -0.25) is 15.5 Å². The second kappa shape index (κ2) is 7.74. The first kappa shape index (κ1) is 19.1. The van der Waals surface area contributed by atoms with E-state index in [-0.39, 0.29) is 15.7 Å². The summed E-state index contributed by atoms with van der Waals surface area (Å²) < 4.78 is 24.3. The molecule has 0 aliphatic heterocycles. The molecule has 2 aromatic rings. The summed E-state index contributed by atoms with van der Waals surface area (Å²) in [4.78, 5) is 11.8. The van der Waals surface area contributed by atoms with Crippen molar-refractivity contribution in [2.45, 2.75) is 11.8 Å². The third kappa shape index (κ3) is 5.10. The molecule has 25 heavy (non-hydrogen) atoms. The van der Waals surface area contributed by atoms with Crippen LogP contribution in [-0.2, 0) is 10.0 Å². The van der Waals surface area contributed by atoms with Crippen LogP contribution in [0.2, 0.25) is 5.02 Å². The van der Waals surface area contributed by atoms with Gasteiger partial charge in [0.2, 0.25) is 0 Å². The van der Waals surface area contributed by atoms with Crippen molar-refractivity contribution >= 4 is 50.3 Å². The third-order valence-corrected chi connectivity index (χ3v) is 4.92. The summed E-state index contributed by atoms with van der Waals surface area (Å²) in [6.07, 6.45) is 0. The minimum Gasteiger partial charge on any atom is -0.332 e. The van der Waals surface area contributed by atoms with Gasteiger partial charge in [-0.15, -0.1) is 4.83 Å². The summed E-state index contributed by atoms with van der Waals surface area (Å²) in [7, 11) is -4.04. The topological polar surface area (TPSA) is 113 Å². The third-order valence-electron chi connectivity index (χ3n) is 3.07. The molecule has 0 radical (unpaired) electrons. The Morgan fingerprint density at radius 1 is 1.24 bits per heavy atom. The zero-order valence-corrected chi connectivity index (χ0v) is 15.2. The predicted octanol–water partition coefficient (Wildman–Crippen LogP) is 2.74. The van der Waals surface area contributed by atoms with Gasteiger partial charge in [0.25, 0.3) is 15.7 Å². The molecule has 0 saturated heterocycles. The number of benzene rings is 2. The SMILES string of the molecule is Cc1ccc(NC(=S)NNS(=O)(=O)c2cccc([N+](=O)[O-])c2)cc1Cl. The van der Waals surface area contributed by atoms with Gasteiger partial charge in [-0.2, -0.15) is 0 Å². The summed E-state index contributed by atoms with van der Waals surface area (Å²) in [5, 5.41) is 14.0. The highest BCUT2D eigenvalue weighted by Crippen LogP contribution is 2.20. The van der Waals surface area contributed by atoms with E-state index in [0.717, 1.165) is 11.6 Å². The van der Waals surface area contributed by atoms with Gasteiger partial charge < -0.3 is 5.32 Å². The fourth-order valence-electron chi connectivity index (χ4n) is 1.77. The molecular formula is C14H13ClN4O4S2. The van der Waals surface area contributed by atoms with Gasteiger partial charge >= 0.3 is 0 Å². The number of nitro groups is 1. The molecule has 8 nitrogen and oxygen atoms in total. The van der Waals surface area contributed by atoms with E-state index in [4.69, 9.17) is 23.8 Å². The molecule has 11 heteroatoms. The number of non-ortho nitro benzene ring substituents is 1. The quantitative estimate of drug-likeness (QED) is 0.401. The molecular weight excluding hydrogens is 388 g/mol. The van der Waals surface area contributed by atoms with Gasteiger partial charge in [0.1, 0.15) is 0 Å². The van der Waals surface area contributed by atoms with E-state index in [0.29, 0.717) is 10.7 Å². The van der Waals surface area contributed by atoms with Gasteiger partial charge in [0.15, 0.2) is 5.11 Å². The molecule has 0 bridgehead atoms. The van der Waals surface area contributed by atoms with Gasteiger partial charge in [-0.25, -0.2) is 8.42 Å². The molecule has 0 spiro atoms. The zero-order valence-electron chi connectivity index (χ0n) is 12.8. The molecule has 0 unspecified atom stereocenters. The maximum atomic E-state index is 12.2. The Bertz CT molecular complexity index is 934. The highest BCUT2D eigenvalue weighted by molar-refractivity contribution is 7.89. The first-order valence-corrected chi connectivity index (χ1v) is 9.05. The average molecular weight is 401 g/mol. The van der Waals surface area contributed by atoms with Crippen molar-refractivity contribution in [3.8, 4) is 0 Å². The molecule has 0 aliphatic carbocycles. The number of thiocarbonyl (C=S) groups is 1. The molecule has 0 aliphatic rings. The van der Waals surface area contributed by atoms with Crippen LogP contribution < -0.4 is 15.6 Å². The molecule has 0 aromatic heterocycles. The van der Waals surface area contributed by atoms with Crippen LogP contribution in [0.3, 0.4) is 0 Å². The van der Waals surface area contributed by atoms with Gasteiger partial charge in [0, 0.05) is 22.8 Å². The number of anilines is 1.